The second-order valence-electron chi connectivity index (χ2n) is 6.14. The van der Waals surface area contributed by atoms with Crippen molar-refractivity contribution < 1.29 is 0 Å². The highest BCUT2D eigenvalue weighted by molar-refractivity contribution is 4.65. The lowest BCUT2D eigenvalue weighted by Crippen LogP contribution is -2.11. The van der Waals surface area contributed by atoms with Crippen molar-refractivity contribution in [2.45, 2.75) is 80.1 Å². The van der Waals surface area contributed by atoms with Crippen molar-refractivity contribution in [2.24, 2.45) is 23.7 Å². The van der Waals surface area contributed by atoms with Gasteiger partial charge >= 0.3 is 0 Å². The Morgan fingerprint density at radius 3 is 1.00 bits per heavy atom. The Kier molecular flexibility index (Phi) is 22.6. The van der Waals surface area contributed by atoms with Crippen molar-refractivity contribution in [3.63, 3.8) is 0 Å². The lowest BCUT2D eigenvalue weighted by molar-refractivity contribution is 0.293. The summed E-state index contributed by atoms with van der Waals surface area (Å²) < 4.78 is 0. The zero-order valence-corrected chi connectivity index (χ0v) is 15.4. The first-order valence-corrected chi connectivity index (χ1v) is 8.51. The van der Waals surface area contributed by atoms with E-state index in [1.54, 1.807) is 0 Å². The molecular weight excluding hydrogens is 240 g/mol. The molecule has 4 atom stereocenters. The Morgan fingerprint density at radius 2 is 0.800 bits per heavy atom. The number of hydrogen-bond donors (Lipinski definition) is 0. The molecule has 0 aliphatic rings. The van der Waals surface area contributed by atoms with E-state index in [1.165, 1.54) is 38.5 Å². The van der Waals surface area contributed by atoms with Gasteiger partial charge in [0.15, 0.2) is 0 Å². The predicted molar refractivity (Wildman–Crippen MR) is 98.2 cm³/mol. The van der Waals surface area contributed by atoms with Crippen LogP contribution in [0.1, 0.15) is 80.1 Å². The summed E-state index contributed by atoms with van der Waals surface area (Å²) in [6, 6.07) is 0. The Balaban J connectivity index is -0.000000656. The van der Waals surface area contributed by atoms with E-state index in [9.17, 15) is 0 Å². The summed E-state index contributed by atoms with van der Waals surface area (Å²) in [5, 5.41) is 0. The molecule has 0 N–H and O–H groups in total. The van der Waals surface area contributed by atoms with Gasteiger partial charge in [0.1, 0.15) is 0 Å². The molecular formula is C20H42. The molecule has 20 heavy (non-hydrogen) atoms. The second-order valence-corrected chi connectivity index (χ2v) is 6.14. The van der Waals surface area contributed by atoms with Crippen molar-refractivity contribution in [1.29, 1.82) is 0 Å². The third-order valence-corrected chi connectivity index (χ3v) is 4.59. The fourth-order valence-corrected chi connectivity index (χ4v) is 2.07. The van der Waals surface area contributed by atoms with Gasteiger partial charge in [-0.2, -0.15) is 0 Å². The van der Waals surface area contributed by atoms with Crippen LogP contribution in [0.3, 0.4) is 0 Å². The molecule has 0 spiro atoms. The average molecular weight is 283 g/mol. The summed E-state index contributed by atoms with van der Waals surface area (Å²) in [7, 11) is 0. The lowest BCUT2D eigenvalue weighted by atomic mass is 9.84. The summed E-state index contributed by atoms with van der Waals surface area (Å²) in [4.78, 5) is 0. The minimum Gasteiger partial charge on any atom is -0.106 e. The van der Waals surface area contributed by atoms with E-state index in [0.717, 1.165) is 23.7 Å². The summed E-state index contributed by atoms with van der Waals surface area (Å²) in [5.41, 5.74) is 0. The third-order valence-electron chi connectivity index (χ3n) is 4.59. The van der Waals surface area contributed by atoms with Gasteiger partial charge in [0.05, 0.1) is 0 Å². The molecule has 0 aromatic carbocycles. The van der Waals surface area contributed by atoms with Crippen LogP contribution in [0, 0.1) is 23.7 Å². The monoisotopic (exact) mass is 282 g/mol. The largest absolute Gasteiger partial charge is 0.106 e. The maximum Gasteiger partial charge on any atom is -0.0417 e. The first kappa shape index (κ1) is 24.5. The van der Waals surface area contributed by atoms with Gasteiger partial charge in [-0.15, -0.1) is 26.3 Å². The van der Waals surface area contributed by atoms with Gasteiger partial charge in [0.2, 0.25) is 0 Å². The van der Waals surface area contributed by atoms with Crippen molar-refractivity contribution >= 4 is 0 Å². The van der Waals surface area contributed by atoms with Crippen LogP contribution in [0.25, 0.3) is 0 Å². The fourth-order valence-electron chi connectivity index (χ4n) is 2.07. The SMILES string of the molecule is C=C.C=C.CCC(C)CCC(C)C(C)CCC(C)CC. The molecule has 0 rings (SSSR count). The molecule has 0 heteroatoms. The van der Waals surface area contributed by atoms with Gasteiger partial charge in [-0.3, -0.25) is 0 Å². The van der Waals surface area contributed by atoms with E-state index in [4.69, 9.17) is 0 Å². The Labute approximate surface area is 130 Å². The molecule has 0 fully saturated rings. The quantitative estimate of drug-likeness (QED) is 0.384. The lowest BCUT2D eigenvalue weighted by Gasteiger charge is -2.22. The van der Waals surface area contributed by atoms with Crippen molar-refractivity contribution in [3.8, 4) is 0 Å². The topological polar surface area (TPSA) is 0 Å². The van der Waals surface area contributed by atoms with Gasteiger partial charge in [0.25, 0.3) is 0 Å². The maximum absolute atomic E-state index is 3.00. The first-order chi connectivity index (χ1) is 9.51. The van der Waals surface area contributed by atoms with E-state index in [-0.39, 0.29) is 0 Å². The van der Waals surface area contributed by atoms with Crippen LogP contribution in [0.15, 0.2) is 26.3 Å². The van der Waals surface area contributed by atoms with Crippen LogP contribution >= 0.6 is 0 Å². The highest BCUT2D eigenvalue weighted by Crippen LogP contribution is 2.26. The van der Waals surface area contributed by atoms with Gasteiger partial charge in [-0.05, 0) is 23.7 Å². The smallest absolute Gasteiger partial charge is 0.0417 e. The molecule has 0 nitrogen and oxygen atoms in total. The van der Waals surface area contributed by atoms with E-state index < -0.39 is 0 Å². The summed E-state index contributed by atoms with van der Waals surface area (Å²) in [6.07, 6.45) is 8.38. The Bertz CT molecular complexity index is 153. The normalized spacial score (nSPS) is 15.7. The fraction of sp³-hybridized carbons (Fsp3) is 0.800. The van der Waals surface area contributed by atoms with Gasteiger partial charge in [-0.1, -0.05) is 80.1 Å². The van der Waals surface area contributed by atoms with E-state index >= 15 is 0 Å². The minimum atomic E-state index is 0.915. The molecule has 0 saturated carbocycles. The van der Waals surface area contributed by atoms with Crippen molar-refractivity contribution in [2.75, 3.05) is 0 Å². The van der Waals surface area contributed by atoms with E-state index in [1.807, 2.05) is 0 Å². The van der Waals surface area contributed by atoms with Crippen molar-refractivity contribution in [1.82, 2.24) is 0 Å². The average Bonchev–Trinajstić information content (AvgIpc) is 2.52. The molecule has 0 radical (unpaired) electrons. The molecule has 0 aliphatic heterocycles. The first-order valence-electron chi connectivity index (χ1n) is 8.51. The number of hydrogen-bond acceptors (Lipinski definition) is 0. The maximum atomic E-state index is 3.00. The molecule has 0 amide bonds. The molecule has 0 aliphatic carbocycles. The van der Waals surface area contributed by atoms with Gasteiger partial charge in [0, 0.05) is 0 Å². The standard InChI is InChI=1S/C16H34.2C2H4/c1-7-13(3)9-11-15(5)16(6)12-10-14(4)8-2;2*1-2/h13-16H,7-12H2,1-6H3;2*1-2H2. The molecule has 4 unspecified atom stereocenters. The number of rotatable bonds is 9. The highest BCUT2D eigenvalue weighted by Gasteiger charge is 2.14. The molecule has 0 aromatic rings. The predicted octanol–water partition coefficient (Wildman–Crippen LogP) is 7.52. The summed E-state index contributed by atoms with van der Waals surface area (Å²) >= 11 is 0. The van der Waals surface area contributed by atoms with Crippen molar-refractivity contribution in [3.05, 3.63) is 26.3 Å². The van der Waals surface area contributed by atoms with Crippen LogP contribution in [0.5, 0.6) is 0 Å². The van der Waals surface area contributed by atoms with Crippen LogP contribution in [0.4, 0.5) is 0 Å². The van der Waals surface area contributed by atoms with E-state index in [2.05, 4.69) is 67.9 Å². The summed E-state index contributed by atoms with van der Waals surface area (Å²) in [5.74, 6) is 3.67. The van der Waals surface area contributed by atoms with Crippen LogP contribution in [-0.4, -0.2) is 0 Å². The van der Waals surface area contributed by atoms with E-state index in [0.29, 0.717) is 0 Å². The van der Waals surface area contributed by atoms with Crippen LogP contribution in [-0.2, 0) is 0 Å². The molecule has 0 saturated heterocycles. The van der Waals surface area contributed by atoms with Gasteiger partial charge in [-0.25, -0.2) is 0 Å². The highest BCUT2D eigenvalue weighted by atomic mass is 14.2. The third kappa shape index (κ3) is 15.5. The molecule has 0 bridgehead atoms. The summed E-state index contributed by atoms with van der Waals surface area (Å²) in [6.45, 7) is 26.3. The minimum absolute atomic E-state index is 0.915. The van der Waals surface area contributed by atoms with Crippen LogP contribution in [0.2, 0.25) is 0 Å². The zero-order valence-electron chi connectivity index (χ0n) is 15.4. The zero-order chi connectivity index (χ0) is 16.6. The second kappa shape index (κ2) is 18.5. The molecule has 122 valence electrons. The molecule has 0 aromatic heterocycles. The van der Waals surface area contributed by atoms with Crippen LogP contribution < -0.4 is 0 Å². The Hall–Kier alpha value is -0.520. The Morgan fingerprint density at radius 1 is 0.550 bits per heavy atom. The molecule has 0 heterocycles. The van der Waals surface area contributed by atoms with Gasteiger partial charge < -0.3 is 0 Å².